The van der Waals surface area contributed by atoms with E-state index in [-0.39, 0.29) is 11.8 Å². The van der Waals surface area contributed by atoms with Gasteiger partial charge in [-0.25, -0.2) is 9.37 Å². The van der Waals surface area contributed by atoms with Gasteiger partial charge in [0.15, 0.2) is 11.6 Å². The van der Waals surface area contributed by atoms with Gasteiger partial charge in [-0.1, -0.05) is 0 Å². The van der Waals surface area contributed by atoms with E-state index >= 15 is 0 Å². The zero-order valence-electron chi connectivity index (χ0n) is 9.02. The Morgan fingerprint density at radius 2 is 2.24 bits per heavy atom. The maximum atomic E-state index is 13.6. The van der Waals surface area contributed by atoms with E-state index in [0.29, 0.717) is 32.7 Å². The minimum Gasteiger partial charge on any atom is -0.378 e. The smallest absolute Gasteiger partial charge is 0.243 e. The molecule has 1 aromatic rings. The van der Waals surface area contributed by atoms with E-state index in [2.05, 4.69) is 20.8 Å². The van der Waals surface area contributed by atoms with Gasteiger partial charge in [0.1, 0.15) is 0 Å². The van der Waals surface area contributed by atoms with E-state index < -0.39 is 5.82 Å². The molecule has 0 unspecified atom stereocenters. The number of carbonyl (C=O) groups is 1. The number of amides is 1. The topological polar surface area (TPSA) is 79.4 Å². The molecule has 1 aliphatic rings. The van der Waals surface area contributed by atoms with Gasteiger partial charge in [-0.15, -0.1) is 0 Å². The summed E-state index contributed by atoms with van der Waals surface area (Å²) in [5.41, 5.74) is 4.63. The van der Waals surface area contributed by atoms with Crippen molar-refractivity contribution < 1.29 is 13.9 Å². The first-order valence-corrected chi connectivity index (χ1v) is 5.11. The fourth-order valence-corrected chi connectivity index (χ4v) is 1.51. The minimum atomic E-state index is -0.497. The Bertz CT molecular complexity index is 397. The van der Waals surface area contributed by atoms with Crippen molar-refractivity contribution in [1.82, 2.24) is 15.4 Å². The van der Waals surface area contributed by atoms with Crippen LogP contribution in [0.1, 0.15) is 0 Å². The fraction of sp³-hybridized carbons (Fsp3) is 0.444. The van der Waals surface area contributed by atoms with Crippen molar-refractivity contribution in [2.75, 3.05) is 36.6 Å². The van der Waals surface area contributed by atoms with Gasteiger partial charge in [-0.05, 0) is 0 Å². The number of rotatable bonds is 4. The van der Waals surface area contributed by atoms with E-state index in [1.54, 1.807) is 4.90 Å². The molecular weight excluding hydrogens is 229 g/mol. The molecule has 0 aromatic carbocycles. The van der Waals surface area contributed by atoms with Gasteiger partial charge in [0.25, 0.3) is 0 Å². The van der Waals surface area contributed by atoms with Crippen LogP contribution in [0, 0.1) is 5.82 Å². The molecule has 8 heteroatoms. The molecule has 0 radical (unpaired) electrons. The maximum absolute atomic E-state index is 13.6. The molecule has 17 heavy (non-hydrogen) atoms. The number of anilines is 2. The third-order valence-electron chi connectivity index (χ3n) is 2.28. The molecule has 0 atom stereocenters. The van der Waals surface area contributed by atoms with Crippen LogP contribution in [0.15, 0.2) is 6.20 Å². The zero-order valence-corrected chi connectivity index (χ0v) is 9.02. The van der Waals surface area contributed by atoms with Crippen molar-refractivity contribution in [3.63, 3.8) is 0 Å². The second-order valence-electron chi connectivity index (χ2n) is 3.35. The van der Waals surface area contributed by atoms with Crippen LogP contribution in [0.3, 0.4) is 0 Å². The molecule has 1 fully saturated rings. The van der Waals surface area contributed by atoms with Crippen LogP contribution in [-0.2, 0) is 9.53 Å². The van der Waals surface area contributed by atoms with E-state index in [1.165, 1.54) is 0 Å². The predicted molar refractivity (Wildman–Crippen MR) is 57.8 cm³/mol. The van der Waals surface area contributed by atoms with Crippen LogP contribution >= 0.6 is 0 Å². The number of hydrazine groups is 1. The maximum Gasteiger partial charge on any atom is 0.243 e. The summed E-state index contributed by atoms with van der Waals surface area (Å²) in [6.45, 7) is 2.24. The zero-order chi connectivity index (χ0) is 12.1. The van der Waals surface area contributed by atoms with E-state index in [0.717, 1.165) is 6.20 Å². The number of ether oxygens (including phenoxy) is 1. The van der Waals surface area contributed by atoms with E-state index in [4.69, 9.17) is 4.74 Å². The average Bonchev–Trinajstić information content (AvgIpc) is 2.39. The lowest BCUT2D eigenvalue weighted by Gasteiger charge is -2.28. The second kappa shape index (κ2) is 5.39. The highest BCUT2D eigenvalue weighted by Gasteiger charge is 2.17. The molecule has 7 nitrogen and oxygen atoms in total. The lowest BCUT2D eigenvalue weighted by atomic mass is 10.4. The highest BCUT2D eigenvalue weighted by atomic mass is 19.1. The number of morpholine rings is 1. The van der Waals surface area contributed by atoms with Crippen LogP contribution in [0.25, 0.3) is 0 Å². The molecule has 0 aliphatic carbocycles. The van der Waals surface area contributed by atoms with Crippen molar-refractivity contribution in [3.8, 4) is 0 Å². The predicted octanol–water partition coefficient (Wildman–Crippen LogP) is -0.475. The van der Waals surface area contributed by atoms with Crippen LogP contribution < -0.4 is 15.8 Å². The largest absolute Gasteiger partial charge is 0.378 e. The quantitative estimate of drug-likeness (QED) is 0.548. The number of carbonyl (C=O) groups excluding carboxylic acids is 1. The third-order valence-corrected chi connectivity index (χ3v) is 2.28. The van der Waals surface area contributed by atoms with Crippen LogP contribution in [-0.4, -0.2) is 42.7 Å². The van der Waals surface area contributed by atoms with Gasteiger partial charge in [-0.2, -0.15) is 4.98 Å². The second-order valence-corrected chi connectivity index (χ2v) is 3.35. The Labute approximate surface area is 97.0 Å². The van der Waals surface area contributed by atoms with Crippen LogP contribution in [0.5, 0.6) is 0 Å². The van der Waals surface area contributed by atoms with Crippen LogP contribution in [0.2, 0.25) is 0 Å². The third kappa shape index (κ3) is 2.78. The highest BCUT2D eigenvalue weighted by molar-refractivity contribution is 5.50. The molecule has 0 bridgehead atoms. The summed E-state index contributed by atoms with van der Waals surface area (Å²) < 4.78 is 18.7. The van der Waals surface area contributed by atoms with Gasteiger partial charge < -0.3 is 9.64 Å². The Morgan fingerprint density at radius 1 is 1.47 bits per heavy atom. The fourth-order valence-electron chi connectivity index (χ4n) is 1.51. The van der Waals surface area contributed by atoms with E-state index in [1.807, 2.05) is 0 Å². The van der Waals surface area contributed by atoms with Gasteiger partial charge in [0.05, 0.1) is 19.4 Å². The van der Waals surface area contributed by atoms with Crippen molar-refractivity contribution in [2.24, 2.45) is 0 Å². The summed E-state index contributed by atoms with van der Waals surface area (Å²) in [4.78, 5) is 19.6. The monoisotopic (exact) mass is 241 g/mol. The molecule has 1 aromatic heterocycles. The molecule has 1 aliphatic heterocycles. The van der Waals surface area contributed by atoms with Gasteiger partial charge in [0, 0.05) is 13.1 Å². The number of nitrogens with zero attached hydrogens (tertiary/aromatic N) is 3. The Hall–Kier alpha value is -1.96. The van der Waals surface area contributed by atoms with E-state index in [9.17, 15) is 9.18 Å². The number of halogens is 1. The van der Waals surface area contributed by atoms with Crippen molar-refractivity contribution in [1.29, 1.82) is 0 Å². The van der Waals surface area contributed by atoms with Gasteiger partial charge >= 0.3 is 0 Å². The van der Waals surface area contributed by atoms with Gasteiger partial charge in [-0.3, -0.25) is 15.6 Å². The average molecular weight is 241 g/mol. The highest BCUT2D eigenvalue weighted by Crippen LogP contribution is 2.17. The molecular formula is C9H12FN5O2. The summed E-state index contributed by atoms with van der Waals surface area (Å²) in [6, 6.07) is 0. The summed E-state index contributed by atoms with van der Waals surface area (Å²) in [6.07, 6.45) is 1.51. The molecule has 1 saturated heterocycles. The normalized spacial score (nSPS) is 15.5. The number of hydrogen-bond acceptors (Lipinski definition) is 6. The van der Waals surface area contributed by atoms with Gasteiger partial charge in [0.2, 0.25) is 12.4 Å². The number of hydrogen-bond donors (Lipinski definition) is 2. The Kier molecular flexibility index (Phi) is 3.66. The Morgan fingerprint density at radius 3 is 2.94 bits per heavy atom. The first-order chi connectivity index (χ1) is 8.31. The molecule has 2 N–H and O–H groups in total. The number of aromatic nitrogens is 2. The minimum absolute atomic E-state index is 0.139. The summed E-state index contributed by atoms with van der Waals surface area (Å²) in [5, 5.41) is 0. The van der Waals surface area contributed by atoms with Crippen LogP contribution in [0.4, 0.5) is 16.2 Å². The summed E-state index contributed by atoms with van der Waals surface area (Å²) in [7, 11) is 0. The van der Waals surface area contributed by atoms with Crippen molar-refractivity contribution in [2.45, 2.75) is 0 Å². The SMILES string of the molecule is O=CNNc1ncc(F)c(N2CCOCC2)n1. The summed E-state index contributed by atoms with van der Waals surface area (Å²) >= 11 is 0. The molecule has 92 valence electrons. The lowest BCUT2D eigenvalue weighted by Crippen LogP contribution is -2.37. The first kappa shape index (κ1) is 11.5. The summed E-state index contributed by atoms with van der Waals surface area (Å²) in [5.74, 6) is -0.151. The molecule has 0 spiro atoms. The Balaban J connectivity index is 2.15. The number of nitrogens with one attached hydrogen (secondary N) is 2. The molecule has 2 heterocycles. The standard InChI is InChI=1S/C9H12FN5O2/c10-7-5-11-9(14-12-6-16)13-8(7)15-1-3-17-4-2-15/h5-6H,1-4H2,(H,12,16)(H,11,13,14). The van der Waals surface area contributed by atoms with Crippen molar-refractivity contribution >= 4 is 18.2 Å². The lowest BCUT2D eigenvalue weighted by molar-refractivity contribution is -0.109. The first-order valence-electron chi connectivity index (χ1n) is 5.11. The molecule has 0 saturated carbocycles. The van der Waals surface area contributed by atoms with Crippen molar-refractivity contribution in [3.05, 3.63) is 12.0 Å². The molecule has 2 rings (SSSR count). The molecule has 1 amide bonds.